The molecule has 4 rings (SSSR count). The van der Waals surface area contributed by atoms with E-state index in [1.807, 2.05) is 42.0 Å². The van der Waals surface area contributed by atoms with E-state index >= 15 is 0 Å². The number of imidazole rings is 1. The van der Waals surface area contributed by atoms with E-state index in [1.54, 1.807) is 24.5 Å². The predicted octanol–water partition coefficient (Wildman–Crippen LogP) is 2.96. The van der Waals surface area contributed by atoms with Gasteiger partial charge >= 0.3 is 0 Å². The van der Waals surface area contributed by atoms with Crippen LogP contribution in [0.25, 0.3) is 11.9 Å². The summed E-state index contributed by atoms with van der Waals surface area (Å²) in [6, 6.07) is 9.14. The van der Waals surface area contributed by atoms with Crippen LogP contribution in [0.4, 0.5) is 5.69 Å². The number of pyridine rings is 1. The molecule has 3 aromatic rings. The second kappa shape index (κ2) is 6.72. The van der Waals surface area contributed by atoms with Crippen molar-refractivity contribution < 1.29 is 14.3 Å². The zero-order valence-electron chi connectivity index (χ0n) is 14.0. The van der Waals surface area contributed by atoms with E-state index in [4.69, 9.17) is 9.47 Å². The summed E-state index contributed by atoms with van der Waals surface area (Å²) < 4.78 is 12.5. The smallest absolute Gasteiger partial charge is 0.248 e. The first-order chi connectivity index (χ1) is 12.7. The topological polar surface area (TPSA) is 78.3 Å². The summed E-state index contributed by atoms with van der Waals surface area (Å²) in [5.41, 5.74) is 1.47. The molecule has 130 valence electrons. The molecule has 0 fully saturated rings. The van der Waals surface area contributed by atoms with E-state index < -0.39 is 0 Å². The molecule has 0 saturated carbocycles. The summed E-state index contributed by atoms with van der Waals surface area (Å²) in [6.07, 6.45) is 8.35. The van der Waals surface area contributed by atoms with E-state index in [9.17, 15) is 4.79 Å². The molecule has 1 amide bonds. The van der Waals surface area contributed by atoms with Crippen molar-refractivity contribution in [3.63, 3.8) is 0 Å². The first-order valence-corrected chi connectivity index (χ1v) is 8.04. The summed E-state index contributed by atoms with van der Waals surface area (Å²) in [5.74, 6) is 2.75. The highest BCUT2D eigenvalue weighted by molar-refractivity contribution is 6.01. The van der Waals surface area contributed by atoms with Gasteiger partial charge < -0.3 is 14.8 Å². The van der Waals surface area contributed by atoms with Crippen molar-refractivity contribution in [2.75, 3.05) is 12.1 Å². The maximum Gasteiger partial charge on any atom is 0.248 e. The van der Waals surface area contributed by atoms with Gasteiger partial charge in [-0.2, -0.15) is 0 Å². The number of aryl methyl sites for hydroxylation is 1. The highest BCUT2D eigenvalue weighted by atomic mass is 16.7. The highest BCUT2D eigenvalue weighted by Gasteiger charge is 2.12. The lowest BCUT2D eigenvalue weighted by Gasteiger charge is -2.06. The zero-order valence-corrected chi connectivity index (χ0v) is 14.0. The Morgan fingerprint density at radius 1 is 1.19 bits per heavy atom. The number of amides is 1. The third-order valence-corrected chi connectivity index (χ3v) is 3.91. The summed E-state index contributed by atoms with van der Waals surface area (Å²) in [6.45, 7) is 2.13. The second-order valence-electron chi connectivity index (χ2n) is 5.68. The van der Waals surface area contributed by atoms with Crippen molar-refractivity contribution in [3.05, 3.63) is 66.4 Å². The Labute approximate surface area is 149 Å². The number of aromatic nitrogens is 3. The first-order valence-electron chi connectivity index (χ1n) is 8.04. The lowest BCUT2D eigenvalue weighted by Crippen LogP contribution is -2.08. The fraction of sp³-hybridized carbons (Fsp3) is 0.105. The molecule has 0 unspecified atom stereocenters. The van der Waals surface area contributed by atoms with Crippen LogP contribution in [0.3, 0.4) is 0 Å². The zero-order chi connectivity index (χ0) is 17.9. The molecule has 0 spiro atoms. The Morgan fingerprint density at radius 2 is 2.08 bits per heavy atom. The Morgan fingerprint density at radius 3 is 2.85 bits per heavy atom. The summed E-state index contributed by atoms with van der Waals surface area (Å²) >= 11 is 0. The lowest BCUT2D eigenvalue weighted by atomic mass is 10.2. The van der Waals surface area contributed by atoms with Crippen LogP contribution in [-0.2, 0) is 4.79 Å². The molecule has 7 heteroatoms. The van der Waals surface area contributed by atoms with Crippen molar-refractivity contribution in [1.29, 1.82) is 0 Å². The lowest BCUT2D eigenvalue weighted by molar-refractivity contribution is -0.111. The molecule has 26 heavy (non-hydrogen) atoms. The molecule has 7 nitrogen and oxygen atoms in total. The van der Waals surface area contributed by atoms with Gasteiger partial charge in [0.2, 0.25) is 12.7 Å². The summed E-state index contributed by atoms with van der Waals surface area (Å²) in [4.78, 5) is 20.6. The van der Waals surface area contributed by atoms with E-state index in [1.165, 1.54) is 6.08 Å². The standard InChI is InChI=1S/C19H16N4O3/c1-13-20-8-9-23(13)18-6-4-15(11-21-18)22-19(24)7-3-14-2-5-16-17(10-14)26-12-25-16/h2-11H,12H2,1H3,(H,22,24)/b7-3+. The second-order valence-corrected chi connectivity index (χ2v) is 5.68. The van der Waals surface area contributed by atoms with Gasteiger partial charge in [0.25, 0.3) is 0 Å². The minimum Gasteiger partial charge on any atom is -0.454 e. The Bertz CT molecular complexity index is 977. The molecule has 2 aromatic heterocycles. The molecule has 1 aliphatic heterocycles. The van der Waals surface area contributed by atoms with Gasteiger partial charge in [-0.15, -0.1) is 0 Å². The molecule has 1 aromatic carbocycles. The van der Waals surface area contributed by atoms with Crippen LogP contribution < -0.4 is 14.8 Å². The number of hydrogen-bond donors (Lipinski definition) is 1. The number of anilines is 1. The van der Waals surface area contributed by atoms with Crippen molar-refractivity contribution in [3.8, 4) is 17.3 Å². The molecular weight excluding hydrogens is 332 g/mol. The van der Waals surface area contributed by atoms with Crippen LogP contribution in [0.1, 0.15) is 11.4 Å². The number of hydrogen-bond acceptors (Lipinski definition) is 5. The molecule has 0 saturated heterocycles. The number of carbonyl (C=O) groups is 1. The average molecular weight is 348 g/mol. The molecule has 0 atom stereocenters. The Hall–Kier alpha value is -3.61. The molecule has 1 aliphatic rings. The maximum atomic E-state index is 12.1. The fourth-order valence-electron chi connectivity index (χ4n) is 2.60. The molecule has 0 bridgehead atoms. The Kier molecular flexibility index (Phi) is 4.10. The predicted molar refractivity (Wildman–Crippen MR) is 96.3 cm³/mol. The number of carbonyl (C=O) groups excluding carboxylic acids is 1. The molecular formula is C19H16N4O3. The molecule has 0 aliphatic carbocycles. The van der Waals surface area contributed by atoms with Gasteiger partial charge in [0.15, 0.2) is 11.5 Å². The number of benzene rings is 1. The molecule has 3 heterocycles. The number of fused-ring (bicyclic) bond motifs is 1. The third kappa shape index (κ3) is 3.27. The molecule has 1 N–H and O–H groups in total. The molecule has 0 radical (unpaired) electrons. The van der Waals surface area contributed by atoms with Crippen LogP contribution in [0.15, 0.2) is 55.0 Å². The van der Waals surface area contributed by atoms with Gasteiger partial charge in [0, 0.05) is 18.5 Å². The Balaban J connectivity index is 1.41. The number of ether oxygens (including phenoxy) is 2. The van der Waals surface area contributed by atoms with Gasteiger partial charge in [-0.1, -0.05) is 6.07 Å². The minimum absolute atomic E-state index is 0.227. The quantitative estimate of drug-likeness (QED) is 0.734. The minimum atomic E-state index is -0.240. The fourth-order valence-corrected chi connectivity index (χ4v) is 2.60. The van der Waals surface area contributed by atoms with Crippen LogP contribution in [0.2, 0.25) is 0 Å². The first kappa shape index (κ1) is 15.9. The van der Waals surface area contributed by atoms with Crippen LogP contribution in [-0.4, -0.2) is 27.2 Å². The van der Waals surface area contributed by atoms with Gasteiger partial charge in [-0.25, -0.2) is 9.97 Å². The van der Waals surface area contributed by atoms with E-state index in [-0.39, 0.29) is 12.7 Å². The van der Waals surface area contributed by atoms with E-state index in [2.05, 4.69) is 15.3 Å². The summed E-state index contributed by atoms with van der Waals surface area (Å²) in [5, 5.41) is 2.78. The van der Waals surface area contributed by atoms with Crippen LogP contribution >= 0.6 is 0 Å². The van der Waals surface area contributed by atoms with Crippen LogP contribution in [0, 0.1) is 6.92 Å². The van der Waals surface area contributed by atoms with Crippen molar-refractivity contribution in [1.82, 2.24) is 14.5 Å². The SMILES string of the molecule is Cc1nccn1-c1ccc(NC(=O)/C=C/c2ccc3c(c2)OCO3)cn1. The third-order valence-electron chi connectivity index (χ3n) is 3.91. The average Bonchev–Trinajstić information content (AvgIpc) is 3.29. The van der Waals surface area contributed by atoms with Gasteiger partial charge in [0.05, 0.1) is 11.9 Å². The number of nitrogens with one attached hydrogen (secondary N) is 1. The van der Waals surface area contributed by atoms with Crippen molar-refractivity contribution in [2.45, 2.75) is 6.92 Å². The highest BCUT2D eigenvalue weighted by Crippen LogP contribution is 2.32. The number of nitrogens with zero attached hydrogens (tertiary/aromatic N) is 3. The number of rotatable bonds is 4. The largest absolute Gasteiger partial charge is 0.454 e. The van der Waals surface area contributed by atoms with Gasteiger partial charge in [0.1, 0.15) is 11.6 Å². The maximum absolute atomic E-state index is 12.1. The normalized spacial score (nSPS) is 12.5. The van der Waals surface area contributed by atoms with Gasteiger partial charge in [-0.05, 0) is 42.8 Å². The van der Waals surface area contributed by atoms with Crippen molar-refractivity contribution in [2.24, 2.45) is 0 Å². The van der Waals surface area contributed by atoms with E-state index in [0.29, 0.717) is 17.2 Å². The van der Waals surface area contributed by atoms with Crippen LogP contribution in [0.5, 0.6) is 11.5 Å². The van der Waals surface area contributed by atoms with Gasteiger partial charge in [-0.3, -0.25) is 9.36 Å². The van der Waals surface area contributed by atoms with E-state index in [0.717, 1.165) is 17.2 Å². The van der Waals surface area contributed by atoms with Crippen molar-refractivity contribution >= 4 is 17.7 Å². The monoisotopic (exact) mass is 348 g/mol. The summed E-state index contributed by atoms with van der Waals surface area (Å²) in [7, 11) is 0.